The first-order valence-corrected chi connectivity index (χ1v) is 10.2. The summed E-state index contributed by atoms with van der Waals surface area (Å²) in [5.74, 6) is -2.47. The molecule has 0 fully saturated rings. The molecule has 0 aliphatic rings. The van der Waals surface area contributed by atoms with Crippen molar-refractivity contribution in [1.82, 2.24) is 5.32 Å². The summed E-state index contributed by atoms with van der Waals surface area (Å²) in [5, 5.41) is 10.5. The van der Waals surface area contributed by atoms with Crippen LogP contribution < -0.4 is 5.32 Å². The summed E-state index contributed by atoms with van der Waals surface area (Å²) in [5.41, 5.74) is 0.923. The van der Waals surface area contributed by atoms with Gasteiger partial charge in [-0.2, -0.15) is 0 Å². The normalized spacial score (nSPS) is 11.6. The second kappa shape index (κ2) is 10.7. The Kier molecular flexibility index (Phi) is 8.28. The number of thioether (sulfide) groups is 2. The fraction of sp³-hybridized carbons (Fsp3) is 0.200. The molecule has 0 saturated heterocycles. The summed E-state index contributed by atoms with van der Waals surface area (Å²) >= 11 is 1.77. The van der Waals surface area contributed by atoms with Crippen molar-refractivity contribution in [3.63, 3.8) is 0 Å². The zero-order valence-electron chi connectivity index (χ0n) is 15.0. The number of carbonyl (C=O) groups is 4. The molecule has 6 nitrogen and oxygen atoms in total. The lowest BCUT2D eigenvalue weighted by molar-refractivity contribution is -0.138. The minimum atomic E-state index is -1.17. The van der Waals surface area contributed by atoms with Gasteiger partial charge in [0.2, 0.25) is 16.1 Å². The van der Waals surface area contributed by atoms with Gasteiger partial charge < -0.3 is 10.4 Å². The maximum Gasteiger partial charge on any atom is 0.322 e. The minimum Gasteiger partial charge on any atom is -0.480 e. The Labute approximate surface area is 171 Å². The molecule has 0 heterocycles. The Bertz CT molecular complexity index is 789. The molecule has 1 amide bonds. The van der Waals surface area contributed by atoms with Crippen molar-refractivity contribution in [2.45, 2.75) is 11.5 Å². The number of carboxylic acids is 1. The monoisotopic (exact) mass is 417 g/mol. The van der Waals surface area contributed by atoms with Gasteiger partial charge in [0.25, 0.3) is 0 Å². The van der Waals surface area contributed by atoms with Crippen molar-refractivity contribution >= 4 is 45.6 Å². The van der Waals surface area contributed by atoms with Gasteiger partial charge in [-0.05, 0) is 0 Å². The van der Waals surface area contributed by atoms with E-state index in [1.807, 2.05) is 0 Å². The van der Waals surface area contributed by atoms with Crippen LogP contribution in [0.3, 0.4) is 0 Å². The molecular formula is C20H19NO5S2. The summed E-state index contributed by atoms with van der Waals surface area (Å²) in [6, 6.07) is 17.1. The highest BCUT2D eigenvalue weighted by Crippen LogP contribution is 2.35. The van der Waals surface area contributed by atoms with Crippen LogP contribution in [0.25, 0.3) is 0 Å². The second-order valence-electron chi connectivity index (χ2n) is 5.81. The highest BCUT2D eigenvalue weighted by molar-refractivity contribution is 8.30. The standard InChI is InChI=1S/C20H19NO5S2/c1-13(17(24)21-12-16(22)23)20(27-18(25)14-8-4-2-5-9-14)28-19(26)15-10-6-3-7-11-15/h2-11,13,20H,12H2,1H3,(H,21,24)(H,22,23). The van der Waals surface area contributed by atoms with E-state index in [-0.39, 0.29) is 10.2 Å². The van der Waals surface area contributed by atoms with Gasteiger partial charge in [0.05, 0.1) is 10.5 Å². The van der Waals surface area contributed by atoms with Crippen LogP contribution >= 0.6 is 23.5 Å². The fourth-order valence-electron chi connectivity index (χ4n) is 2.17. The number of aliphatic carboxylic acids is 1. The lowest BCUT2D eigenvalue weighted by Gasteiger charge is -2.21. The van der Waals surface area contributed by atoms with Gasteiger partial charge in [-0.15, -0.1) is 0 Å². The third kappa shape index (κ3) is 6.54. The summed E-state index contributed by atoms with van der Waals surface area (Å²) in [4.78, 5) is 48.1. The maximum atomic E-state index is 12.6. The second-order valence-corrected chi connectivity index (χ2v) is 8.34. The number of carbonyl (C=O) groups excluding carboxylic acids is 3. The molecule has 2 aromatic rings. The minimum absolute atomic E-state index is 0.267. The molecule has 0 aliphatic carbocycles. The van der Waals surface area contributed by atoms with E-state index in [9.17, 15) is 19.2 Å². The molecule has 28 heavy (non-hydrogen) atoms. The van der Waals surface area contributed by atoms with Crippen molar-refractivity contribution in [2.75, 3.05) is 6.54 Å². The average Bonchev–Trinajstić information content (AvgIpc) is 2.72. The zero-order chi connectivity index (χ0) is 20.5. The highest BCUT2D eigenvalue weighted by atomic mass is 32.2. The highest BCUT2D eigenvalue weighted by Gasteiger charge is 2.30. The van der Waals surface area contributed by atoms with E-state index in [1.54, 1.807) is 67.6 Å². The maximum absolute atomic E-state index is 12.6. The van der Waals surface area contributed by atoms with E-state index >= 15 is 0 Å². The summed E-state index contributed by atoms with van der Waals surface area (Å²) in [6.07, 6.45) is 0. The Morgan fingerprint density at radius 2 is 1.29 bits per heavy atom. The molecule has 0 aromatic heterocycles. The number of amides is 1. The third-order valence-electron chi connectivity index (χ3n) is 3.70. The van der Waals surface area contributed by atoms with Crippen LogP contribution in [-0.4, -0.2) is 38.3 Å². The average molecular weight is 418 g/mol. The number of hydrogen-bond acceptors (Lipinski definition) is 6. The molecule has 1 unspecified atom stereocenters. The van der Waals surface area contributed by atoms with Gasteiger partial charge in [-0.3, -0.25) is 19.2 Å². The first kappa shape index (κ1) is 21.7. The SMILES string of the molecule is CC(C(=O)NCC(=O)O)C(SC(=O)c1ccccc1)SC(=O)c1ccccc1. The first-order chi connectivity index (χ1) is 13.4. The smallest absolute Gasteiger partial charge is 0.322 e. The molecule has 2 rings (SSSR count). The van der Waals surface area contributed by atoms with Crippen LogP contribution in [0.2, 0.25) is 0 Å². The zero-order valence-corrected chi connectivity index (χ0v) is 16.7. The van der Waals surface area contributed by atoms with Gasteiger partial charge in [0.1, 0.15) is 6.54 Å². The van der Waals surface area contributed by atoms with Crippen molar-refractivity contribution in [2.24, 2.45) is 5.92 Å². The Hall–Kier alpha value is -2.58. The van der Waals surface area contributed by atoms with Crippen molar-refractivity contribution < 1.29 is 24.3 Å². The predicted octanol–water partition coefficient (Wildman–Crippen LogP) is 3.30. The summed E-state index contributed by atoms with van der Waals surface area (Å²) in [6.45, 7) is 1.04. The largest absolute Gasteiger partial charge is 0.480 e. The van der Waals surface area contributed by atoms with Gasteiger partial charge >= 0.3 is 5.97 Å². The van der Waals surface area contributed by atoms with Crippen molar-refractivity contribution in [3.8, 4) is 0 Å². The van der Waals surface area contributed by atoms with Gasteiger partial charge in [0.15, 0.2) is 0 Å². The van der Waals surface area contributed by atoms with E-state index in [1.165, 1.54) is 0 Å². The van der Waals surface area contributed by atoms with Gasteiger partial charge in [-0.25, -0.2) is 0 Å². The van der Waals surface area contributed by atoms with E-state index in [0.717, 1.165) is 23.5 Å². The lowest BCUT2D eigenvalue weighted by atomic mass is 10.2. The molecule has 2 N–H and O–H groups in total. The number of benzene rings is 2. The number of rotatable bonds is 8. The van der Waals surface area contributed by atoms with E-state index in [0.29, 0.717) is 11.1 Å². The molecule has 0 bridgehead atoms. The molecule has 8 heteroatoms. The first-order valence-electron chi connectivity index (χ1n) is 8.40. The van der Waals surface area contributed by atoms with Crippen LogP contribution in [-0.2, 0) is 9.59 Å². The van der Waals surface area contributed by atoms with Crippen LogP contribution in [0, 0.1) is 5.92 Å². The Balaban J connectivity index is 2.16. The van der Waals surface area contributed by atoms with Crippen molar-refractivity contribution in [1.29, 1.82) is 0 Å². The topological polar surface area (TPSA) is 101 Å². The van der Waals surface area contributed by atoms with Crippen LogP contribution in [0.15, 0.2) is 60.7 Å². The van der Waals surface area contributed by atoms with Gasteiger partial charge in [0, 0.05) is 11.1 Å². The predicted molar refractivity (Wildman–Crippen MR) is 110 cm³/mol. The molecular weight excluding hydrogens is 398 g/mol. The molecule has 0 radical (unpaired) electrons. The van der Waals surface area contributed by atoms with E-state index < -0.39 is 28.9 Å². The Morgan fingerprint density at radius 3 is 1.68 bits per heavy atom. The summed E-state index contributed by atoms with van der Waals surface area (Å²) in [7, 11) is 0. The van der Waals surface area contributed by atoms with E-state index in [2.05, 4.69) is 5.32 Å². The van der Waals surface area contributed by atoms with Gasteiger partial charge in [-0.1, -0.05) is 91.1 Å². The lowest BCUT2D eigenvalue weighted by Crippen LogP contribution is -2.37. The van der Waals surface area contributed by atoms with Crippen LogP contribution in [0.5, 0.6) is 0 Å². The van der Waals surface area contributed by atoms with E-state index in [4.69, 9.17) is 5.11 Å². The number of carboxylic acid groups (broad SMARTS) is 1. The molecule has 146 valence electrons. The van der Waals surface area contributed by atoms with Crippen molar-refractivity contribution in [3.05, 3.63) is 71.8 Å². The molecule has 0 spiro atoms. The number of hydrogen-bond donors (Lipinski definition) is 2. The number of nitrogens with one attached hydrogen (secondary N) is 1. The summed E-state index contributed by atoms with van der Waals surface area (Å²) < 4.78 is -0.714. The van der Waals surface area contributed by atoms with Crippen LogP contribution in [0.4, 0.5) is 0 Å². The molecule has 1 atom stereocenters. The molecule has 0 aliphatic heterocycles. The fourth-order valence-corrected chi connectivity index (χ4v) is 4.51. The third-order valence-corrected chi connectivity index (χ3v) is 6.46. The Morgan fingerprint density at radius 1 is 0.857 bits per heavy atom. The quantitative estimate of drug-likeness (QED) is 0.636. The van der Waals surface area contributed by atoms with Crippen LogP contribution in [0.1, 0.15) is 27.6 Å². The molecule has 2 aromatic carbocycles. The molecule has 0 saturated carbocycles.